The number of nitrogens with zero attached hydrogens (tertiary/aromatic N) is 4. The molecule has 8 nitrogen and oxygen atoms in total. The highest BCUT2D eigenvalue weighted by Crippen LogP contribution is 2.32. The molecular weight excluding hydrogens is 470 g/mol. The summed E-state index contributed by atoms with van der Waals surface area (Å²) < 4.78 is 34.6. The average Bonchev–Trinajstić information content (AvgIpc) is 2.85. The van der Waals surface area contributed by atoms with Gasteiger partial charge in [0.1, 0.15) is 12.3 Å². The van der Waals surface area contributed by atoms with Gasteiger partial charge in [-0.2, -0.15) is 0 Å². The van der Waals surface area contributed by atoms with Gasteiger partial charge in [-0.05, 0) is 38.2 Å². The monoisotopic (exact) mass is 502 g/mol. The number of benzene rings is 2. The number of hydrogen-bond acceptors (Lipinski definition) is 6. The van der Waals surface area contributed by atoms with E-state index in [4.69, 9.17) is 4.74 Å². The molecule has 0 spiro atoms. The van der Waals surface area contributed by atoms with Gasteiger partial charge in [-0.3, -0.25) is 15.0 Å². The number of nitro benzene ring substituents is 1. The lowest BCUT2D eigenvalue weighted by Crippen LogP contribution is -2.58. The zero-order valence-corrected chi connectivity index (χ0v) is 20.6. The van der Waals surface area contributed by atoms with Crippen molar-refractivity contribution in [1.82, 2.24) is 9.80 Å². The van der Waals surface area contributed by atoms with Crippen molar-refractivity contribution >= 4 is 17.5 Å². The van der Waals surface area contributed by atoms with Crippen molar-refractivity contribution in [2.45, 2.75) is 45.4 Å². The van der Waals surface area contributed by atoms with Gasteiger partial charge < -0.3 is 14.5 Å². The number of non-ortho nitro benzene ring substituents is 1. The number of halogens is 2. The number of piperidine rings is 1. The normalized spacial score (nSPS) is 21.4. The van der Waals surface area contributed by atoms with Crippen LogP contribution in [0.3, 0.4) is 0 Å². The number of nitro groups is 1. The van der Waals surface area contributed by atoms with Gasteiger partial charge in [0.05, 0.1) is 17.1 Å². The van der Waals surface area contributed by atoms with Gasteiger partial charge in [0.2, 0.25) is 0 Å². The third-order valence-electron chi connectivity index (χ3n) is 7.18. The van der Waals surface area contributed by atoms with Crippen molar-refractivity contribution in [3.8, 4) is 0 Å². The highest BCUT2D eigenvalue weighted by molar-refractivity contribution is 5.67. The summed E-state index contributed by atoms with van der Waals surface area (Å²) in [5.74, 6) is -1.42. The molecule has 1 amide bonds. The Kier molecular flexibility index (Phi) is 8.03. The van der Waals surface area contributed by atoms with Crippen molar-refractivity contribution in [3.05, 3.63) is 69.8 Å². The number of rotatable bonds is 6. The quantitative estimate of drug-likeness (QED) is 0.416. The highest BCUT2D eigenvalue weighted by Gasteiger charge is 2.35. The number of carbonyl (C=O) groups excluding carboxylic acids is 1. The first-order valence-corrected chi connectivity index (χ1v) is 12.3. The first-order valence-electron chi connectivity index (χ1n) is 12.3. The fraction of sp³-hybridized carbons (Fsp3) is 0.500. The third-order valence-corrected chi connectivity index (χ3v) is 7.18. The van der Waals surface area contributed by atoms with Crippen molar-refractivity contribution in [1.29, 1.82) is 0 Å². The Labute approximate surface area is 209 Å². The SMILES string of the molecule is C[C@@H]1CN(c2c(F)cc([N+](=O)[O-])cc2F)C[C@@H](C)N1CC1CCN(C(=O)OCc2ccccc2)CC1. The van der Waals surface area contributed by atoms with E-state index in [0.717, 1.165) is 37.1 Å². The first kappa shape index (κ1) is 25.8. The van der Waals surface area contributed by atoms with Crippen LogP contribution in [-0.2, 0) is 11.3 Å². The minimum atomic E-state index is -0.916. The van der Waals surface area contributed by atoms with Crippen molar-refractivity contribution < 1.29 is 23.2 Å². The van der Waals surface area contributed by atoms with E-state index in [-0.39, 0.29) is 30.5 Å². The van der Waals surface area contributed by atoms with Crippen LogP contribution in [0.4, 0.5) is 25.0 Å². The van der Waals surface area contributed by atoms with Crippen molar-refractivity contribution in [2.24, 2.45) is 5.92 Å². The highest BCUT2D eigenvalue weighted by atomic mass is 19.1. The summed E-state index contributed by atoms with van der Waals surface area (Å²) in [6, 6.07) is 11.2. The third kappa shape index (κ3) is 5.92. The summed E-state index contributed by atoms with van der Waals surface area (Å²) in [4.78, 5) is 28.3. The molecule has 36 heavy (non-hydrogen) atoms. The smallest absolute Gasteiger partial charge is 0.410 e. The standard InChI is InChI=1S/C26H32F2N4O4/c1-18-14-30(25-23(27)12-22(32(34)35)13-24(25)28)15-19(2)31(18)16-20-8-10-29(11-9-20)26(33)36-17-21-6-4-3-5-7-21/h3-7,12-13,18-20H,8-11,14-17H2,1-2H3/t18-,19-/m1/s1. The molecule has 2 saturated heterocycles. The summed E-state index contributed by atoms with van der Waals surface area (Å²) in [5.41, 5.74) is 0.154. The number of ether oxygens (including phenoxy) is 1. The fourth-order valence-electron chi connectivity index (χ4n) is 5.27. The molecule has 2 aliphatic heterocycles. The molecule has 0 unspecified atom stereocenters. The van der Waals surface area contributed by atoms with E-state index in [2.05, 4.69) is 4.90 Å². The summed E-state index contributed by atoms with van der Waals surface area (Å²) in [5, 5.41) is 10.9. The molecule has 2 heterocycles. The lowest BCUT2D eigenvalue weighted by molar-refractivity contribution is -0.385. The van der Waals surface area contributed by atoms with Gasteiger partial charge in [-0.1, -0.05) is 30.3 Å². The second kappa shape index (κ2) is 11.2. The van der Waals surface area contributed by atoms with E-state index in [1.807, 2.05) is 44.2 Å². The van der Waals surface area contributed by atoms with Crippen LogP contribution in [0.25, 0.3) is 0 Å². The Morgan fingerprint density at radius 1 is 1.06 bits per heavy atom. The van der Waals surface area contributed by atoms with Gasteiger partial charge in [0.25, 0.3) is 5.69 Å². The molecule has 0 N–H and O–H groups in total. The fourth-order valence-corrected chi connectivity index (χ4v) is 5.27. The molecule has 0 aliphatic carbocycles. The molecule has 194 valence electrons. The lowest BCUT2D eigenvalue weighted by atomic mass is 9.94. The van der Waals surface area contributed by atoms with Crippen LogP contribution in [0.5, 0.6) is 0 Å². The minimum Gasteiger partial charge on any atom is -0.445 e. The van der Waals surface area contributed by atoms with Crippen LogP contribution in [-0.4, -0.2) is 65.6 Å². The summed E-state index contributed by atoms with van der Waals surface area (Å²) >= 11 is 0. The van der Waals surface area contributed by atoms with Crippen LogP contribution in [0.2, 0.25) is 0 Å². The van der Waals surface area contributed by atoms with Crippen LogP contribution in [0.15, 0.2) is 42.5 Å². The molecule has 2 aliphatic rings. The molecule has 0 radical (unpaired) electrons. The van der Waals surface area contributed by atoms with E-state index in [0.29, 0.717) is 32.1 Å². The minimum absolute atomic E-state index is 0.0385. The van der Waals surface area contributed by atoms with Crippen LogP contribution < -0.4 is 4.90 Å². The zero-order valence-electron chi connectivity index (χ0n) is 20.6. The number of amides is 1. The van der Waals surface area contributed by atoms with Crippen molar-refractivity contribution in [3.63, 3.8) is 0 Å². The molecule has 2 atom stereocenters. The van der Waals surface area contributed by atoms with Crippen LogP contribution in [0, 0.1) is 27.7 Å². The maximum absolute atomic E-state index is 14.6. The molecule has 4 rings (SSSR count). The number of hydrogen-bond donors (Lipinski definition) is 0. The van der Waals surface area contributed by atoms with Crippen molar-refractivity contribution in [2.75, 3.05) is 37.6 Å². The maximum Gasteiger partial charge on any atom is 0.410 e. The molecular formula is C26H32F2N4O4. The van der Waals surface area contributed by atoms with Gasteiger partial charge in [-0.25, -0.2) is 13.6 Å². The van der Waals surface area contributed by atoms with Gasteiger partial charge in [-0.15, -0.1) is 0 Å². The Morgan fingerprint density at radius 3 is 2.19 bits per heavy atom. The zero-order chi connectivity index (χ0) is 25.8. The number of likely N-dealkylation sites (tertiary alicyclic amines) is 1. The number of carbonyl (C=O) groups is 1. The van der Waals surface area contributed by atoms with E-state index in [1.165, 1.54) is 0 Å². The second-order valence-electron chi connectivity index (χ2n) is 9.79. The lowest BCUT2D eigenvalue weighted by Gasteiger charge is -2.47. The predicted molar refractivity (Wildman–Crippen MR) is 132 cm³/mol. The van der Waals surface area contributed by atoms with E-state index in [9.17, 15) is 23.7 Å². The van der Waals surface area contributed by atoms with Gasteiger partial charge >= 0.3 is 6.09 Å². The Hall–Kier alpha value is -3.27. The average molecular weight is 503 g/mol. The molecule has 10 heteroatoms. The van der Waals surface area contributed by atoms with E-state index >= 15 is 0 Å². The number of piperazine rings is 1. The maximum atomic E-state index is 14.6. The first-order chi connectivity index (χ1) is 17.2. The molecule has 2 aromatic rings. The van der Waals surface area contributed by atoms with Gasteiger partial charge in [0.15, 0.2) is 11.6 Å². The summed E-state index contributed by atoms with van der Waals surface area (Å²) in [7, 11) is 0. The summed E-state index contributed by atoms with van der Waals surface area (Å²) in [6.07, 6.45) is 1.44. The summed E-state index contributed by atoms with van der Waals surface area (Å²) in [6.45, 7) is 7.27. The predicted octanol–water partition coefficient (Wildman–Crippen LogP) is 4.82. The molecule has 0 bridgehead atoms. The molecule has 0 aromatic heterocycles. The van der Waals surface area contributed by atoms with E-state index in [1.54, 1.807) is 9.80 Å². The molecule has 2 fully saturated rings. The topological polar surface area (TPSA) is 79.2 Å². The van der Waals surface area contributed by atoms with Crippen LogP contribution in [0.1, 0.15) is 32.3 Å². The van der Waals surface area contributed by atoms with E-state index < -0.39 is 22.2 Å². The Balaban J connectivity index is 1.29. The van der Waals surface area contributed by atoms with Gasteiger partial charge in [0, 0.05) is 44.8 Å². The van der Waals surface area contributed by atoms with Crippen LogP contribution >= 0.6 is 0 Å². The Bertz CT molecular complexity index is 1040. The largest absolute Gasteiger partial charge is 0.445 e. The Morgan fingerprint density at radius 2 is 1.64 bits per heavy atom. The number of anilines is 1. The second-order valence-corrected chi connectivity index (χ2v) is 9.79. The molecule has 2 aromatic carbocycles. The molecule has 0 saturated carbocycles.